The predicted octanol–water partition coefficient (Wildman–Crippen LogP) is 0.564. The molecule has 2 N–H and O–H groups in total. The Labute approximate surface area is 93.8 Å². The Morgan fingerprint density at radius 1 is 1.59 bits per heavy atom. The van der Waals surface area contributed by atoms with Crippen LogP contribution in [0.2, 0.25) is 0 Å². The maximum atomic E-state index is 10.6. The molecule has 0 radical (unpaired) electrons. The summed E-state index contributed by atoms with van der Waals surface area (Å²) in [5.41, 5.74) is 0.0938. The summed E-state index contributed by atoms with van der Waals surface area (Å²) in [6.45, 7) is 3.99. The first-order valence-electron chi connectivity index (χ1n) is 4.53. The molecule has 6 nitrogen and oxygen atoms in total. The topological polar surface area (TPSA) is 88.3 Å². The lowest BCUT2D eigenvalue weighted by atomic mass is 9.84. The number of aromatic nitrogens is 2. The van der Waals surface area contributed by atoms with Crippen LogP contribution in [-0.4, -0.2) is 40.5 Å². The van der Waals surface area contributed by atoms with E-state index in [1.165, 1.54) is 6.39 Å². The standard InChI is InChI=1S/C6H9N3O.C2HF3O2/c1-6(2-7-3-6)5-9-8-4-10-5;3-2(4,5)1(6)7/h4,7H,2-3H2,1H3;(H,6,7). The summed E-state index contributed by atoms with van der Waals surface area (Å²) >= 11 is 0. The molecule has 0 aromatic carbocycles. The van der Waals surface area contributed by atoms with Crippen LogP contribution >= 0.6 is 0 Å². The Morgan fingerprint density at radius 2 is 2.12 bits per heavy atom. The molecule has 1 saturated heterocycles. The highest BCUT2D eigenvalue weighted by atomic mass is 19.4. The third kappa shape index (κ3) is 3.41. The molecule has 0 unspecified atom stereocenters. The van der Waals surface area contributed by atoms with Gasteiger partial charge >= 0.3 is 12.1 Å². The van der Waals surface area contributed by atoms with Crippen LogP contribution in [0.25, 0.3) is 0 Å². The summed E-state index contributed by atoms with van der Waals surface area (Å²) in [7, 11) is 0. The van der Waals surface area contributed by atoms with Gasteiger partial charge in [-0.15, -0.1) is 10.2 Å². The number of hydrogen-bond donors (Lipinski definition) is 2. The second-order valence-electron chi connectivity index (χ2n) is 3.71. The normalized spacial score (nSPS) is 17.6. The number of nitrogens with one attached hydrogen (secondary N) is 1. The summed E-state index contributed by atoms with van der Waals surface area (Å²) in [5, 5.41) is 17.8. The molecule has 1 aliphatic rings. The van der Waals surface area contributed by atoms with Gasteiger partial charge in [0.25, 0.3) is 0 Å². The molecule has 0 amide bonds. The number of rotatable bonds is 1. The van der Waals surface area contributed by atoms with Crippen molar-refractivity contribution in [2.45, 2.75) is 18.5 Å². The average Bonchev–Trinajstić information content (AvgIpc) is 2.66. The van der Waals surface area contributed by atoms with Crippen molar-refractivity contribution in [1.82, 2.24) is 15.5 Å². The minimum Gasteiger partial charge on any atom is -0.475 e. The first-order chi connectivity index (χ1) is 7.76. The molecule has 0 saturated carbocycles. The molecule has 0 spiro atoms. The van der Waals surface area contributed by atoms with Gasteiger partial charge in [-0.2, -0.15) is 13.2 Å². The van der Waals surface area contributed by atoms with Crippen LogP contribution in [0.4, 0.5) is 13.2 Å². The van der Waals surface area contributed by atoms with E-state index in [1.54, 1.807) is 0 Å². The molecular weight excluding hydrogens is 243 g/mol. The molecule has 1 fully saturated rings. The van der Waals surface area contributed by atoms with Crippen LogP contribution in [0.5, 0.6) is 0 Å². The van der Waals surface area contributed by atoms with Gasteiger partial charge in [0.15, 0.2) is 0 Å². The van der Waals surface area contributed by atoms with Gasteiger partial charge in [-0.25, -0.2) is 4.79 Å². The van der Waals surface area contributed by atoms with E-state index in [9.17, 15) is 13.2 Å². The lowest BCUT2D eigenvalue weighted by molar-refractivity contribution is -0.192. The van der Waals surface area contributed by atoms with Gasteiger partial charge in [0.1, 0.15) is 0 Å². The third-order valence-corrected chi connectivity index (χ3v) is 2.15. The summed E-state index contributed by atoms with van der Waals surface area (Å²) < 4.78 is 36.8. The fourth-order valence-electron chi connectivity index (χ4n) is 1.09. The van der Waals surface area contributed by atoms with Gasteiger partial charge in [0.05, 0.1) is 5.41 Å². The number of hydrogen-bond acceptors (Lipinski definition) is 5. The molecule has 9 heteroatoms. The van der Waals surface area contributed by atoms with E-state index in [-0.39, 0.29) is 5.41 Å². The highest BCUT2D eigenvalue weighted by molar-refractivity contribution is 5.73. The van der Waals surface area contributed by atoms with Gasteiger partial charge in [-0.05, 0) is 6.92 Å². The minimum atomic E-state index is -5.08. The highest BCUT2D eigenvalue weighted by Gasteiger charge is 2.38. The van der Waals surface area contributed by atoms with Crippen LogP contribution in [0.1, 0.15) is 12.8 Å². The van der Waals surface area contributed by atoms with Gasteiger partial charge in [0, 0.05) is 13.1 Å². The maximum absolute atomic E-state index is 10.6. The first kappa shape index (κ1) is 13.4. The highest BCUT2D eigenvalue weighted by Crippen LogP contribution is 2.24. The number of aliphatic carboxylic acids is 1. The van der Waals surface area contributed by atoms with Crippen molar-refractivity contribution in [2.24, 2.45) is 0 Å². The molecule has 1 aromatic rings. The summed E-state index contributed by atoms with van der Waals surface area (Å²) in [6.07, 6.45) is -3.71. The zero-order valence-corrected chi connectivity index (χ0v) is 8.78. The minimum absolute atomic E-state index is 0.0938. The number of halogens is 3. The summed E-state index contributed by atoms with van der Waals surface area (Å²) in [6, 6.07) is 0. The molecule has 0 aliphatic carbocycles. The van der Waals surface area contributed by atoms with E-state index < -0.39 is 12.1 Å². The average molecular weight is 253 g/mol. The number of nitrogens with zero attached hydrogens (tertiary/aromatic N) is 2. The Balaban J connectivity index is 0.000000185. The van der Waals surface area contributed by atoms with Crippen molar-refractivity contribution >= 4 is 5.97 Å². The molecule has 1 aliphatic heterocycles. The second-order valence-corrected chi connectivity index (χ2v) is 3.71. The van der Waals surface area contributed by atoms with Gasteiger partial charge in [-0.1, -0.05) is 0 Å². The van der Waals surface area contributed by atoms with Crippen molar-refractivity contribution < 1.29 is 27.5 Å². The second kappa shape index (κ2) is 4.70. The van der Waals surface area contributed by atoms with Crippen LogP contribution in [-0.2, 0) is 10.2 Å². The third-order valence-electron chi connectivity index (χ3n) is 2.15. The number of carboxylic acids is 1. The molecule has 17 heavy (non-hydrogen) atoms. The SMILES string of the molecule is CC1(c2nnco2)CNC1.O=C(O)C(F)(F)F. The molecule has 1 aromatic heterocycles. The van der Waals surface area contributed by atoms with E-state index >= 15 is 0 Å². The molecule has 0 atom stereocenters. The van der Waals surface area contributed by atoms with Crippen LogP contribution in [0.15, 0.2) is 10.8 Å². The van der Waals surface area contributed by atoms with E-state index in [4.69, 9.17) is 14.3 Å². The fourth-order valence-corrected chi connectivity index (χ4v) is 1.09. The number of carbonyl (C=O) groups is 1. The molecular formula is C8H10F3N3O3. The Bertz CT molecular complexity index is 373. The van der Waals surface area contributed by atoms with E-state index in [0.717, 1.165) is 19.0 Å². The van der Waals surface area contributed by atoms with Crippen molar-refractivity contribution in [3.8, 4) is 0 Å². The molecule has 96 valence electrons. The Hall–Kier alpha value is -1.64. The fraction of sp³-hybridized carbons (Fsp3) is 0.625. The smallest absolute Gasteiger partial charge is 0.475 e. The quantitative estimate of drug-likeness (QED) is 0.760. The van der Waals surface area contributed by atoms with Crippen molar-refractivity contribution in [3.05, 3.63) is 12.3 Å². The summed E-state index contributed by atoms with van der Waals surface area (Å²) in [4.78, 5) is 8.90. The number of alkyl halides is 3. The zero-order valence-electron chi connectivity index (χ0n) is 8.78. The van der Waals surface area contributed by atoms with Crippen molar-refractivity contribution in [3.63, 3.8) is 0 Å². The maximum Gasteiger partial charge on any atom is 0.490 e. The Morgan fingerprint density at radius 3 is 2.35 bits per heavy atom. The lowest BCUT2D eigenvalue weighted by Gasteiger charge is -2.35. The molecule has 0 bridgehead atoms. The van der Waals surface area contributed by atoms with E-state index in [2.05, 4.69) is 22.4 Å². The van der Waals surface area contributed by atoms with Gasteiger partial charge in [0.2, 0.25) is 12.3 Å². The van der Waals surface area contributed by atoms with Gasteiger partial charge < -0.3 is 14.8 Å². The number of carboxylic acid groups (broad SMARTS) is 1. The predicted molar refractivity (Wildman–Crippen MR) is 48.2 cm³/mol. The lowest BCUT2D eigenvalue weighted by Crippen LogP contribution is -2.54. The first-order valence-corrected chi connectivity index (χ1v) is 4.53. The van der Waals surface area contributed by atoms with E-state index in [0.29, 0.717) is 0 Å². The monoisotopic (exact) mass is 253 g/mol. The largest absolute Gasteiger partial charge is 0.490 e. The van der Waals surface area contributed by atoms with Crippen LogP contribution in [0.3, 0.4) is 0 Å². The zero-order chi connectivity index (χ0) is 13.1. The summed E-state index contributed by atoms with van der Waals surface area (Å²) in [5.74, 6) is -2.02. The van der Waals surface area contributed by atoms with Crippen LogP contribution in [0, 0.1) is 0 Å². The molecule has 2 rings (SSSR count). The molecule has 2 heterocycles. The van der Waals surface area contributed by atoms with Crippen LogP contribution < -0.4 is 5.32 Å². The van der Waals surface area contributed by atoms with E-state index in [1.807, 2.05) is 0 Å². The van der Waals surface area contributed by atoms with Gasteiger partial charge in [-0.3, -0.25) is 0 Å². The van der Waals surface area contributed by atoms with Crippen molar-refractivity contribution in [2.75, 3.05) is 13.1 Å². The van der Waals surface area contributed by atoms with Crippen molar-refractivity contribution in [1.29, 1.82) is 0 Å². The Kier molecular flexibility index (Phi) is 3.71.